The second-order valence-corrected chi connectivity index (χ2v) is 5.97. The molecule has 6 nitrogen and oxygen atoms in total. The van der Waals surface area contributed by atoms with E-state index >= 15 is 0 Å². The summed E-state index contributed by atoms with van der Waals surface area (Å²) in [5.74, 6) is -0.0357. The Labute approximate surface area is 137 Å². The van der Waals surface area contributed by atoms with Crippen molar-refractivity contribution in [3.05, 3.63) is 35.4 Å². The minimum absolute atomic E-state index is 0.0339. The van der Waals surface area contributed by atoms with Crippen LogP contribution in [0.2, 0.25) is 0 Å². The molecule has 1 heterocycles. The molecule has 6 heteroatoms. The van der Waals surface area contributed by atoms with Crippen LogP contribution >= 0.6 is 0 Å². The number of aliphatic hydroxyl groups excluding tert-OH is 1. The molecule has 126 valence electrons. The number of nitrogens with one attached hydrogen (secondary N) is 1. The van der Waals surface area contributed by atoms with Gasteiger partial charge in [-0.1, -0.05) is 12.1 Å². The lowest BCUT2D eigenvalue weighted by atomic mass is 10.1. The van der Waals surface area contributed by atoms with E-state index in [9.17, 15) is 9.59 Å². The highest BCUT2D eigenvalue weighted by Gasteiger charge is 2.26. The molecular formula is C17H25N3O3. The molecule has 0 radical (unpaired) electrons. The molecule has 0 saturated carbocycles. The number of piperazine rings is 1. The number of nitrogens with zero attached hydrogens (tertiary/aromatic N) is 2. The van der Waals surface area contributed by atoms with Gasteiger partial charge in [0.15, 0.2) is 0 Å². The average Bonchev–Trinajstić information content (AvgIpc) is 2.55. The van der Waals surface area contributed by atoms with Crippen molar-refractivity contribution < 1.29 is 14.7 Å². The Morgan fingerprint density at radius 2 is 1.96 bits per heavy atom. The van der Waals surface area contributed by atoms with E-state index in [1.807, 2.05) is 29.2 Å². The molecule has 0 spiro atoms. The summed E-state index contributed by atoms with van der Waals surface area (Å²) in [6.45, 7) is 6.97. The number of amides is 2. The number of hydrogen-bond acceptors (Lipinski definition) is 4. The van der Waals surface area contributed by atoms with Gasteiger partial charge in [-0.15, -0.1) is 0 Å². The molecular weight excluding hydrogens is 294 g/mol. The zero-order valence-corrected chi connectivity index (χ0v) is 13.8. The van der Waals surface area contributed by atoms with Crippen molar-refractivity contribution in [2.75, 3.05) is 32.8 Å². The molecule has 1 fully saturated rings. The van der Waals surface area contributed by atoms with Crippen LogP contribution in [-0.4, -0.2) is 65.5 Å². The summed E-state index contributed by atoms with van der Waals surface area (Å²) in [7, 11) is 0. The van der Waals surface area contributed by atoms with Gasteiger partial charge < -0.3 is 15.3 Å². The summed E-state index contributed by atoms with van der Waals surface area (Å²) in [5.41, 5.74) is 1.64. The fourth-order valence-corrected chi connectivity index (χ4v) is 2.81. The number of carbonyl (C=O) groups excluding carboxylic acids is 2. The van der Waals surface area contributed by atoms with E-state index in [-0.39, 0.29) is 24.5 Å². The summed E-state index contributed by atoms with van der Waals surface area (Å²) >= 11 is 0. The van der Waals surface area contributed by atoms with E-state index in [0.29, 0.717) is 31.7 Å². The summed E-state index contributed by atoms with van der Waals surface area (Å²) in [6, 6.07) is 7.61. The first-order chi connectivity index (χ1) is 11.0. The van der Waals surface area contributed by atoms with Crippen LogP contribution in [0.4, 0.5) is 0 Å². The molecule has 1 aromatic carbocycles. The number of hydrogen-bond donors (Lipinski definition) is 2. The zero-order valence-electron chi connectivity index (χ0n) is 13.8. The maximum Gasteiger partial charge on any atom is 0.253 e. The molecule has 0 unspecified atom stereocenters. The topological polar surface area (TPSA) is 72.9 Å². The van der Waals surface area contributed by atoms with Gasteiger partial charge in [0.1, 0.15) is 0 Å². The lowest BCUT2D eigenvalue weighted by Crippen LogP contribution is -2.54. The fraction of sp³-hybridized carbons (Fsp3) is 0.529. The van der Waals surface area contributed by atoms with Crippen molar-refractivity contribution in [2.24, 2.45) is 0 Å². The molecule has 1 atom stereocenters. The molecule has 2 N–H and O–H groups in total. The maximum atomic E-state index is 12.6. The number of benzene rings is 1. The van der Waals surface area contributed by atoms with Gasteiger partial charge in [0.2, 0.25) is 5.91 Å². The van der Waals surface area contributed by atoms with Crippen LogP contribution < -0.4 is 5.32 Å². The van der Waals surface area contributed by atoms with E-state index in [2.05, 4.69) is 17.1 Å². The first-order valence-electron chi connectivity index (χ1n) is 7.99. The van der Waals surface area contributed by atoms with E-state index in [1.165, 1.54) is 6.92 Å². The molecule has 0 bridgehead atoms. The van der Waals surface area contributed by atoms with Gasteiger partial charge in [0, 0.05) is 51.3 Å². The predicted octanol–water partition coefficient (Wildman–Crippen LogP) is 0.461. The Morgan fingerprint density at radius 3 is 2.52 bits per heavy atom. The monoisotopic (exact) mass is 319 g/mol. The molecule has 1 aliphatic heterocycles. The SMILES string of the molecule is CC(=O)NCc1ccc(C(=O)N2CCN(CCO)[C@H](C)C2)cc1. The summed E-state index contributed by atoms with van der Waals surface area (Å²) in [6.07, 6.45) is 0. The van der Waals surface area contributed by atoms with Crippen LogP contribution in [-0.2, 0) is 11.3 Å². The molecule has 1 saturated heterocycles. The smallest absolute Gasteiger partial charge is 0.253 e. The quantitative estimate of drug-likeness (QED) is 0.827. The van der Waals surface area contributed by atoms with Crippen molar-refractivity contribution >= 4 is 11.8 Å². The average molecular weight is 319 g/mol. The van der Waals surface area contributed by atoms with Crippen LogP contribution in [0, 0.1) is 0 Å². The van der Waals surface area contributed by atoms with Crippen molar-refractivity contribution in [1.29, 1.82) is 0 Å². The lowest BCUT2D eigenvalue weighted by molar-refractivity contribution is -0.119. The van der Waals surface area contributed by atoms with Crippen molar-refractivity contribution in [2.45, 2.75) is 26.4 Å². The Kier molecular flexibility index (Phi) is 6.12. The van der Waals surface area contributed by atoms with Gasteiger partial charge >= 0.3 is 0 Å². The third-order valence-corrected chi connectivity index (χ3v) is 4.18. The van der Waals surface area contributed by atoms with Crippen molar-refractivity contribution in [3.8, 4) is 0 Å². The first-order valence-corrected chi connectivity index (χ1v) is 7.99. The number of carbonyl (C=O) groups is 2. The van der Waals surface area contributed by atoms with E-state index in [4.69, 9.17) is 5.11 Å². The zero-order chi connectivity index (χ0) is 16.8. The Hall–Kier alpha value is -1.92. The van der Waals surface area contributed by atoms with Crippen LogP contribution in [0.5, 0.6) is 0 Å². The lowest BCUT2D eigenvalue weighted by Gasteiger charge is -2.39. The van der Waals surface area contributed by atoms with E-state index < -0.39 is 0 Å². The largest absolute Gasteiger partial charge is 0.395 e. The summed E-state index contributed by atoms with van der Waals surface area (Å²) in [4.78, 5) is 27.5. The van der Waals surface area contributed by atoms with Gasteiger partial charge in [0.05, 0.1) is 6.61 Å². The van der Waals surface area contributed by atoms with Crippen LogP contribution in [0.15, 0.2) is 24.3 Å². The number of rotatable bonds is 5. The van der Waals surface area contributed by atoms with Crippen molar-refractivity contribution in [1.82, 2.24) is 15.1 Å². The van der Waals surface area contributed by atoms with Gasteiger partial charge in [-0.2, -0.15) is 0 Å². The Balaban J connectivity index is 1.94. The molecule has 0 aliphatic carbocycles. The molecule has 2 rings (SSSR count). The minimum atomic E-state index is -0.0695. The third-order valence-electron chi connectivity index (χ3n) is 4.18. The van der Waals surface area contributed by atoms with E-state index in [1.54, 1.807) is 0 Å². The van der Waals surface area contributed by atoms with Crippen molar-refractivity contribution in [3.63, 3.8) is 0 Å². The normalized spacial score (nSPS) is 18.7. The Bertz CT molecular complexity index is 545. The highest BCUT2D eigenvalue weighted by Crippen LogP contribution is 2.14. The van der Waals surface area contributed by atoms with Gasteiger partial charge in [0.25, 0.3) is 5.91 Å². The highest BCUT2D eigenvalue weighted by atomic mass is 16.3. The number of β-amino-alcohol motifs (C(OH)–C–C–N with tert-alkyl or cyclic N) is 1. The van der Waals surface area contributed by atoms with Crippen LogP contribution in [0.3, 0.4) is 0 Å². The molecule has 0 aromatic heterocycles. The summed E-state index contributed by atoms with van der Waals surface area (Å²) in [5, 5.41) is 11.8. The minimum Gasteiger partial charge on any atom is -0.395 e. The molecule has 23 heavy (non-hydrogen) atoms. The standard InChI is InChI=1S/C17H25N3O3/c1-13-12-20(8-7-19(13)9-10-21)17(23)16-5-3-15(4-6-16)11-18-14(2)22/h3-6,13,21H,7-12H2,1-2H3,(H,18,22)/t13-/m1/s1. The van der Waals surface area contributed by atoms with Gasteiger partial charge in [-0.3, -0.25) is 14.5 Å². The maximum absolute atomic E-state index is 12.6. The Morgan fingerprint density at radius 1 is 1.26 bits per heavy atom. The first kappa shape index (κ1) is 17.4. The van der Waals surface area contributed by atoms with E-state index in [0.717, 1.165) is 12.1 Å². The summed E-state index contributed by atoms with van der Waals surface area (Å²) < 4.78 is 0. The van der Waals surface area contributed by atoms with Crippen LogP contribution in [0.25, 0.3) is 0 Å². The third kappa shape index (κ3) is 4.77. The molecule has 1 aromatic rings. The second kappa shape index (κ2) is 8.08. The molecule has 1 aliphatic rings. The highest BCUT2D eigenvalue weighted by molar-refractivity contribution is 5.94. The van der Waals surface area contributed by atoms with Gasteiger partial charge in [-0.05, 0) is 24.6 Å². The second-order valence-electron chi connectivity index (χ2n) is 5.97. The molecule has 2 amide bonds. The van der Waals surface area contributed by atoms with Crippen LogP contribution in [0.1, 0.15) is 29.8 Å². The van der Waals surface area contributed by atoms with Gasteiger partial charge in [-0.25, -0.2) is 0 Å². The number of aliphatic hydroxyl groups is 1. The predicted molar refractivity (Wildman–Crippen MR) is 88.0 cm³/mol. The fourth-order valence-electron chi connectivity index (χ4n) is 2.81.